The van der Waals surface area contributed by atoms with Crippen molar-refractivity contribution >= 4 is 0 Å². The number of para-hydroxylation sites is 1. The van der Waals surface area contributed by atoms with Gasteiger partial charge in [0, 0.05) is 13.0 Å². The molecule has 0 aliphatic carbocycles. The predicted octanol–water partition coefficient (Wildman–Crippen LogP) is 3.95. The molecule has 0 saturated heterocycles. The fourth-order valence-corrected chi connectivity index (χ4v) is 3.85. The van der Waals surface area contributed by atoms with E-state index < -0.39 is 12.2 Å². The maximum absolute atomic E-state index is 10.4. The van der Waals surface area contributed by atoms with Gasteiger partial charge in [-0.25, -0.2) is 0 Å². The summed E-state index contributed by atoms with van der Waals surface area (Å²) in [5.41, 5.74) is 1.17. The topological polar surface area (TPSA) is 66.1 Å². The van der Waals surface area contributed by atoms with E-state index in [-0.39, 0.29) is 6.61 Å². The Hall–Kier alpha value is -1.82. The van der Waals surface area contributed by atoms with Gasteiger partial charge >= 0.3 is 0 Å². The Bertz CT molecular complexity index is 729. The minimum Gasteiger partial charge on any atom is -0.491 e. The summed E-state index contributed by atoms with van der Waals surface area (Å²) >= 11 is 0. The van der Waals surface area contributed by atoms with E-state index >= 15 is 0 Å². The summed E-state index contributed by atoms with van der Waals surface area (Å²) in [4.78, 5) is 2.32. The number of hydrogen-bond acceptors (Lipinski definition) is 5. The first-order valence-corrected chi connectivity index (χ1v) is 11.0. The molecule has 160 valence electrons. The van der Waals surface area contributed by atoms with E-state index in [1.165, 1.54) is 5.56 Å². The van der Waals surface area contributed by atoms with Crippen LogP contribution in [-0.4, -0.2) is 47.0 Å². The second-order valence-corrected chi connectivity index (χ2v) is 8.05. The zero-order valence-electron chi connectivity index (χ0n) is 17.6. The minimum atomic E-state index is -0.896. The van der Waals surface area contributed by atoms with Crippen molar-refractivity contribution in [3.8, 4) is 5.75 Å². The Morgan fingerprint density at radius 2 is 1.79 bits per heavy atom. The molecule has 2 atom stereocenters. The normalized spacial score (nSPS) is 22.4. The number of hydrogen-bond donors (Lipinski definition) is 2. The van der Waals surface area contributed by atoms with Crippen LogP contribution in [0.4, 0.5) is 0 Å². The van der Waals surface area contributed by atoms with E-state index in [0.29, 0.717) is 6.42 Å². The van der Waals surface area contributed by atoms with E-state index in [1.807, 2.05) is 18.2 Å². The van der Waals surface area contributed by atoms with E-state index in [1.54, 1.807) is 0 Å². The van der Waals surface area contributed by atoms with Crippen LogP contribution in [0.3, 0.4) is 0 Å². The molecular weight excluding hydrogens is 366 g/mol. The van der Waals surface area contributed by atoms with Crippen LogP contribution in [0.25, 0.3) is 0 Å². The molecule has 0 saturated carbocycles. The summed E-state index contributed by atoms with van der Waals surface area (Å²) in [5, 5.41) is 20.8. The number of aliphatic hydroxyl groups is 2. The van der Waals surface area contributed by atoms with Crippen molar-refractivity contribution < 1.29 is 19.4 Å². The molecule has 2 N–H and O–H groups in total. The van der Waals surface area contributed by atoms with Crippen LogP contribution >= 0.6 is 0 Å². The Morgan fingerprint density at radius 3 is 2.66 bits per heavy atom. The zero-order valence-corrected chi connectivity index (χ0v) is 17.6. The Morgan fingerprint density at radius 1 is 0.966 bits per heavy atom. The van der Waals surface area contributed by atoms with Crippen molar-refractivity contribution in [2.75, 3.05) is 19.7 Å². The fourth-order valence-electron chi connectivity index (χ4n) is 3.85. The number of nitrogens with zero attached hydrogens (tertiary/aromatic N) is 1. The summed E-state index contributed by atoms with van der Waals surface area (Å²) in [5.74, 6) is 2.83. The SMILES string of the molecule is CCCc1ccc(CN2CCCCCc3ccccc3OC[C@@H](O)[C@@H](O)CC2)o1. The van der Waals surface area contributed by atoms with Gasteiger partial charge in [-0.3, -0.25) is 4.90 Å². The van der Waals surface area contributed by atoms with Crippen molar-refractivity contribution in [3.63, 3.8) is 0 Å². The number of furan rings is 1. The van der Waals surface area contributed by atoms with Gasteiger partial charge in [-0.2, -0.15) is 0 Å². The molecule has 1 aliphatic heterocycles. The zero-order chi connectivity index (χ0) is 20.5. The number of ether oxygens (including phenoxy) is 1. The number of benzene rings is 1. The van der Waals surface area contributed by atoms with Crippen LogP contribution < -0.4 is 4.74 Å². The van der Waals surface area contributed by atoms with Gasteiger partial charge in [0.15, 0.2) is 0 Å². The smallest absolute Gasteiger partial charge is 0.122 e. The third-order valence-electron chi connectivity index (χ3n) is 5.58. The van der Waals surface area contributed by atoms with Crippen LogP contribution in [0.15, 0.2) is 40.8 Å². The van der Waals surface area contributed by atoms with Crippen molar-refractivity contribution in [1.29, 1.82) is 0 Å². The lowest BCUT2D eigenvalue weighted by molar-refractivity contribution is -0.0165. The molecule has 0 bridgehead atoms. The quantitative estimate of drug-likeness (QED) is 0.812. The van der Waals surface area contributed by atoms with Gasteiger partial charge < -0.3 is 19.4 Å². The van der Waals surface area contributed by atoms with Crippen LogP contribution in [-0.2, 0) is 19.4 Å². The Labute approximate surface area is 174 Å². The summed E-state index contributed by atoms with van der Waals surface area (Å²) in [6.07, 6.45) is 5.17. The van der Waals surface area contributed by atoms with Crippen LogP contribution in [0.2, 0.25) is 0 Å². The summed E-state index contributed by atoms with van der Waals surface area (Å²) in [6, 6.07) is 12.1. The predicted molar refractivity (Wildman–Crippen MR) is 114 cm³/mol. The van der Waals surface area contributed by atoms with Gasteiger partial charge in [-0.1, -0.05) is 31.5 Å². The molecule has 1 aromatic carbocycles. The summed E-state index contributed by atoms with van der Waals surface area (Å²) in [6.45, 7) is 4.68. The minimum absolute atomic E-state index is 0.108. The van der Waals surface area contributed by atoms with Crippen molar-refractivity contribution in [2.24, 2.45) is 0 Å². The lowest BCUT2D eigenvalue weighted by Crippen LogP contribution is -2.36. The number of aryl methyl sites for hydroxylation is 2. The van der Waals surface area contributed by atoms with E-state index in [2.05, 4.69) is 30.0 Å². The second kappa shape index (κ2) is 11.4. The molecule has 1 aliphatic rings. The molecule has 3 rings (SSSR count). The molecule has 0 spiro atoms. The lowest BCUT2D eigenvalue weighted by atomic mass is 10.0. The molecule has 0 radical (unpaired) electrons. The molecule has 2 aromatic rings. The van der Waals surface area contributed by atoms with E-state index in [0.717, 1.165) is 75.4 Å². The molecule has 0 amide bonds. The van der Waals surface area contributed by atoms with Gasteiger partial charge in [0.2, 0.25) is 0 Å². The first-order chi connectivity index (χ1) is 14.2. The highest BCUT2D eigenvalue weighted by atomic mass is 16.5. The van der Waals surface area contributed by atoms with Crippen LogP contribution in [0.1, 0.15) is 56.1 Å². The van der Waals surface area contributed by atoms with Gasteiger partial charge in [0.05, 0.1) is 12.6 Å². The molecule has 5 nitrogen and oxygen atoms in total. The first-order valence-electron chi connectivity index (χ1n) is 11.0. The van der Waals surface area contributed by atoms with Crippen molar-refractivity contribution in [2.45, 2.75) is 70.6 Å². The second-order valence-electron chi connectivity index (χ2n) is 8.05. The lowest BCUT2D eigenvalue weighted by Gasteiger charge is -2.25. The number of rotatable bonds is 4. The molecule has 0 fully saturated rings. The van der Waals surface area contributed by atoms with Crippen molar-refractivity contribution in [3.05, 3.63) is 53.5 Å². The largest absolute Gasteiger partial charge is 0.491 e. The molecule has 0 unspecified atom stereocenters. The van der Waals surface area contributed by atoms with Gasteiger partial charge in [-0.05, 0) is 62.4 Å². The molecule has 5 heteroatoms. The number of fused-ring (bicyclic) bond motifs is 1. The third-order valence-corrected chi connectivity index (χ3v) is 5.58. The van der Waals surface area contributed by atoms with Gasteiger partial charge in [-0.15, -0.1) is 0 Å². The molecule has 1 aromatic heterocycles. The molecule has 2 heterocycles. The Kier molecular flexibility index (Phi) is 8.59. The average molecular weight is 402 g/mol. The fraction of sp³-hybridized carbons (Fsp3) is 0.583. The summed E-state index contributed by atoms with van der Waals surface area (Å²) < 4.78 is 11.8. The van der Waals surface area contributed by atoms with Crippen molar-refractivity contribution in [1.82, 2.24) is 4.90 Å². The average Bonchev–Trinajstić information content (AvgIpc) is 3.16. The maximum Gasteiger partial charge on any atom is 0.122 e. The highest BCUT2D eigenvalue weighted by Gasteiger charge is 2.20. The third kappa shape index (κ3) is 6.88. The van der Waals surface area contributed by atoms with E-state index in [9.17, 15) is 10.2 Å². The van der Waals surface area contributed by atoms with Gasteiger partial charge in [0.25, 0.3) is 0 Å². The van der Waals surface area contributed by atoms with Gasteiger partial charge in [0.1, 0.15) is 30.0 Å². The molecule has 29 heavy (non-hydrogen) atoms. The summed E-state index contributed by atoms with van der Waals surface area (Å²) in [7, 11) is 0. The highest BCUT2D eigenvalue weighted by Crippen LogP contribution is 2.22. The monoisotopic (exact) mass is 401 g/mol. The highest BCUT2D eigenvalue weighted by molar-refractivity contribution is 5.33. The van der Waals surface area contributed by atoms with E-state index in [4.69, 9.17) is 9.15 Å². The Balaban J connectivity index is 1.62. The van der Waals surface area contributed by atoms with Crippen LogP contribution in [0, 0.1) is 0 Å². The number of aliphatic hydroxyl groups excluding tert-OH is 2. The molecular formula is C24H35NO4. The van der Waals surface area contributed by atoms with Crippen LogP contribution in [0.5, 0.6) is 5.75 Å². The first kappa shape index (κ1) is 21.9. The standard InChI is InChI=1S/C24H35NO4/c1-2-8-20-12-13-21(29-20)17-25-15-7-3-4-9-19-10-5-6-11-24(19)28-18-23(27)22(26)14-16-25/h5-6,10-13,22-23,26-27H,2-4,7-9,14-18H2,1H3/t22-,23+/m0/s1. The maximum atomic E-state index is 10.4.